The predicted molar refractivity (Wildman–Crippen MR) is 52.0 cm³/mol. The Morgan fingerprint density at radius 3 is 3.29 bits per heavy atom. The summed E-state index contributed by atoms with van der Waals surface area (Å²) in [5, 5.41) is 13.9. The highest BCUT2D eigenvalue weighted by Crippen LogP contribution is 2.15. The van der Waals surface area contributed by atoms with Gasteiger partial charge in [-0.3, -0.25) is 4.90 Å². The fourth-order valence-corrected chi connectivity index (χ4v) is 1.53. The summed E-state index contributed by atoms with van der Waals surface area (Å²) in [6.07, 6.45) is 8.39. The van der Waals surface area contributed by atoms with Crippen molar-refractivity contribution in [3.63, 3.8) is 0 Å². The lowest BCUT2D eigenvalue weighted by molar-refractivity contribution is 0.342. The fourth-order valence-electron chi connectivity index (χ4n) is 1.53. The minimum Gasteiger partial charge on any atom is -0.288 e. The Balaban J connectivity index is 2.08. The number of aromatic nitrogens is 4. The van der Waals surface area contributed by atoms with Crippen molar-refractivity contribution in [2.24, 2.45) is 0 Å². The van der Waals surface area contributed by atoms with E-state index in [0.29, 0.717) is 12.4 Å². The predicted octanol–water partition coefficient (Wildman–Crippen LogP) is -0.0780. The third-order valence-corrected chi connectivity index (χ3v) is 2.18. The van der Waals surface area contributed by atoms with E-state index in [1.165, 1.54) is 0 Å². The number of H-pyrrole nitrogens is 1. The standard InChI is InChI=1S/C9H11N5/c1-2-5-14-6-3-4-8(7-14)9-10-12-13-11-9/h1,4H,3,5-7H2,(H,10,11,12,13). The number of aromatic amines is 1. The summed E-state index contributed by atoms with van der Waals surface area (Å²) in [5.74, 6) is 3.31. The summed E-state index contributed by atoms with van der Waals surface area (Å²) < 4.78 is 0. The van der Waals surface area contributed by atoms with Crippen molar-refractivity contribution in [3.05, 3.63) is 11.9 Å². The molecule has 1 aromatic rings. The van der Waals surface area contributed by atoms with Gasteiger partial charge in [-0.1, -0.05) is 12.0 Å². The molecular formula is C9H11N5. The second kappa shape index (κ2) is 4.03. The van der Waals surface area contributed by atoms with E-state index in [1.807, 2.05) is 0 Å². The molecule has 2 rings (SSSR count). The topological polar surface area (TPSA) is 57.7 Å². The average molecular weight is 189 g/mol. The molecule has 5 nitrogen and oxygen atoms in total. The average Bonchev–Trinajstić information content (AvgIpc) is 2.71. The summed E-state index contributed by atoms with van der Waals surface area (Å²) in [5.41, 5.74) is 1.10. The van der Waals surface area contributed by atoms with E-state index in [-0.39, 0.29) is 0 Å². The van der Waals surface area contributed by atoms with Gasteiger partial charge in [0.1, 0.15) is 0 Å². The third kappa shape index (κ3) is 1.80. The molecule has 14 heavy (non-hydrogen) atoms. The van der Waals surface area contributed by atoms with Crippen LogP contribution in [0.25, 0.3) is 5.57 Å². The van der Waals surface area contributed by atoms with E-state index in [2.05, 4.69) is 37.5 Å². The first-order valence-electron chi connectivity index (χ1n) is 4.49. The van der Waals surface area contributed by atoms with Crippen LogP contribution in [0.4, 0.5) is 0 Å². The molecule has 0 amide bonds. The van der Waals surface area contributed by atoms with Crippen LogP contribution in [0.15, 0.2) is 6.08 Å². The van der Waals surface area contributed by atoms with Crippen LogP contribution in [0.3, 0.4) is 0 Å². The van der Waals surface area contributed by atoms with Gasteiger partial charge in [0.15, 0.2) is 0 Å². The van der Waals surface area contributed by atoms with Gasteiger partial charge >= 0.3 is 0 Å². The molecule has 0 unspecified atom stereocenters. The number of terminal acetylenes is 1. The second-order valence-electron chi connectivity index (χ2n) is 3.17. The molecule has 0 fully saturated rings. The van der Waals surface area contributed by atoms with E-state index in [9.17, 15) is 0 Å². The Bertz CT molecular complexity index is 359. The molecule has 0 saturated heterocycles. The van der Waals surface area contributed by atoms with Crippen molar-refractivity contribution in [2.75, 3.05) is 19.6 Å². The number of nitrogens with one attached hydrogen (secondary N) is 1. The SMILES string of the molecule is C#CCN1CCC=C(c2nn[nH]n2)C1. The molecule has 0 atom stereocenters. The Hall–Kier alpha value is -1.67. The smallest absolute Gasteiger partial charge is 0.201 e. The molecule has 0 aromatic carbocycles. The molecule has 0 bridgehead atoms. The van der Waals surface area contributed by atoms with Crippen molar-refractivity contribution in [1.82, 2.24) is 25.5 Å². The molecule has 5 heteroatoms. The molecule has 0 saturated carbocycles. The van der Waals surface area contributed by atoms with E-state index in [4.69, 9.17) is 6.42 Å². The van der Waals surface area contributed by atoms with Crippen LogP contribution < -0.4 is 0 Å². The van der Waals surface area contributed by atoms with Crippen LogP contribution in [-0.4, -0.2) is 45.2 Å². The van der Waals surface area contributed by atoms with Crippen molar-refractivity contribution >= 4 is 5.57 Å². The third-order valence-electron chi connectivity index (χ3n) is 2.18. The summed E-state index contributed by atoms with van der Waals surface area (Å²) >= 11 is 0. The number of rotatable bonds is 2. The van der Waals surface area contributed by atoms with Crippen molar-refractivity contribution in [2.45, 2.75) is 6.42 Å². The van der Waals surface area contributed by atoms with Gasteiger partial charge in [0.25, 0.3) is 0 Å². The van der Waals surface area contributed by atoms with Gasteiger partial charge in [-0.2, -0.15) is 5.21 Å². The van der Waals surface area contributed by atoms with Gasteiger partial charge in [-0.05, 0) is 11.6 Å². The molecule has 72 valence electrons. The minimum absolute atomic E-state index is 0.673. The van der Waals surface area contributed by atoms with Gasteiger partial charge in [0.05, 0.1) is 6.54 Å². The summed E-state index contributed by atoms with van der Waals surface area (Å²) in [4.78, 5) is 2.19. The number of hydrogen-bond acceptors (Lipinski definition) is 4. The molecule has 2 heterocycles. The summed E-state index contributed by atoms with van der Waals surface area (Å²) in [6, 6.07) is 0. The van der Waals surface area contributed by atoms with E-state index in [1.54, 1.807) is 0 Å². The summed E-state index contributed by atoms with van der Waals surface area (Å²) in [7, 11) is 0. The zero-order valence-electron chi connectivity index (χ0n) is 7.77. The van der Waals surface area contributed by atoms with Crippen LogP contribution >= 0.6 is 0 Å². The van der Waals surface area contributed by atoms with Gasteiger partial charge < -0.3 is 0 Å². The van der Waals surface area contributed by atoms with Crippen LogP contribution in [0.1, 0.15) is 12.2 Å². The first-order valence-corrected chi connectivity index (χ1v) is 4.49. The van der Waals surface area contributed by atoms with E-state index >= 15 is 0 Å². The lowest BCUT2D eigenvalue weighted by Gasteiger charge is -2.23. The fraction of sp³-hybridized carbons (Fsp3) is 0.444. The number of hydrogen-bond donors (Lipinski definition) is 1. The molecule has 0 radical (unpaired) electrons. The highest BCUT2D eigenvalue weighted by Gasteiger charge is 2.15. The quantitative estimate of drug-likeness (QED) is 0.661. The lowest BCUT2D eigenvalue weighted by atomic mass is 10.1. The van der Waals surface area contributed by atoms with Crippen LogP contribution in [0.5, 0.6) is 0 Å². The molecule has 1 aromatic heterocycles. The Labute approximate surface area is 82.2 Å². The lowest BCUT2D eigenvalue weighted by Crippen LogP contribution is -2.30. The largest absolute Gasteiger partial charge is 0.288 e. The monoisotopic (exact) mass is 189 g/mol. The zero-order valence-corrected chi connectivity index (χ0v) is 7.77. The Kier molecular flexibility index (Phi) is 2.56. The molecule has 1 aliphatic rings. The van der Waals surface area contributed by atoms with Gasteiger partial charge in [-0.15, -0.1) is 16.6 Å². The first kappa shape index (κ1) is 8.91. The second-order valence-corrected chi connectivity index (χ2v) is 3.17. The van der Waals surface area contributed by atoms with Crippen LogP contribution in [-0.2, 0) is 0 Å². The van der Waals surface area contributed by atoms with Crippen molar-refractivity contribution < 1.29 is 0 Å². The molecule has 1 aliphatic heterocycles. The Morgan fingerprint density at radius 2 is 2.57 bits per heavy atom. The maximum absolute atomic E-state index is 5.26. The molecule has 0 aliphatic carbocycles. The van der Waals surface area contributed by atoms with Crippen LogP contribution in [0.2, 0.25) is 0 Å². The minimum atomic E-state index is 0.673. The first-order chi connectivity index (χ1) is 6.90. The van der Waals surface area contributed by atoms with Crippen molar-refractivity contribution in [1.29, 1.82) is 0 Å². The zero-order chi connectivity index (χ0) is 9.80. The normalized spacial score (nSPS) is 17.5. The van der Waals surface area contributed by atoms with E-state index < -0.39 is 0 Å². The molecule has 0 spiro atoms. The molecular weight excluding hydrogens is 178 g/mol. The summed E-state index contributed by atoms with van der Waals surface area (Å²) in [6.45, 7) is 2.49. The number of tetrazole rings is 1. The Morgan fingerprint density at radius 1 is 1.64 bits per heavy atom. The van der Waals surface area contributed by atoms with Gasteiger partial charge in [0.2, 0.25) is 5.82 Å². The van der Waals surface area contributed by atoms with Crippen LogP contribution in [0, 0.1) is 12.3 Å². The molecule has 1 N–H and O–H groups in total. The highest BCUT2D eigenvalue weighted by molar-refractivity contribution is 5.61. The maximum atomic E-state index is 5.26. The van der Waals surface area contributed by atoms with E-state index in [0.717, 1.165) is 25.1 Å². The van der Waals surface area contributed by atoms with Gasteiger partial charge in [0, 0.05) is 18.7 Å². The highest BCUT2D eigenvalue weighted by atomic mass is 15.5. The number of nitrogens with zero attached hydrogens (tertiary/aromatic N) is 4. The maximum Gasteiger partial charge on any atom is 0.201 e. The van der Waals surface area contributed by atoms with Gasteiger partial charge in [-0.25, -0.2) is 0 Å². The van der Waals surface area contributed by atoms with Crippen molar-refractivity contribution in [3.8, 4) is 12.3 Å².